The molecule has 0 radical (unpaired) electrons. The number of ketones is 1. The van der Waals surface area contributed by atoms with Gasteiger partial charge in [0.2, 0.25) is 0 Å². The van der Waals surface area contributed by atoms with Gasteiger partial charge in [0.25, 0.3) is 11.7 Å². The Morgan fingerprint density at radius 3 is 2.30 bits per heavy atom. The van der Waals surface area contributed by atoms with Crippen molar-refractivity contribution >= 4 is 33.4 Å². The molecule has 1 aliphatic heterocycles. The Hall–Kier alpha value is -2.60. The van der Waals surface area contributed by atoms with Crippen molar-refractivity contribution in [2.45, 2.75) is 39.2 Å². The highest BCUT2D eigenvalue weighted by molar-refractivity contribution is 9.10. The molecule has 5 nitrogen and oxygen atoms in total. The lowest BCUT2D eigenvalue weighted by atomic mass is 9.95. The molecule has 0 saturated carbocycles. The summed E-state index contributed by atoms with van der Waals surface area (Å²) in [4.78, 5) is 27.3. The van der Waals surface area contributed by atoms with Crippen molar-refractivity contribution in [1.82, 2.24) is 4.90 Å². The highest BCUT2D eigenvalue weighted by Crippen LogP contribution is 2.40. The van der Waals surface area contributed by atoms with Gasteiger partial charge >= 0.3 is 0 Å². The number of hydrogen-bond acceptors (Lipinski definition) is 4. The molecule has 0 aliphatic carbocycles. The van der Waals surface area contributed by atoms with Crippen LogP contribution >= 0.6 is 15.9 Å². The molecule has 30 heavy (non-hydrogen) atoms. The summed E-state index contributed by atoms with van der Waals surface area (Å²) in [5, 5.41) is 11.0. The fraction of sp³-hybridized carbons (Fsp3) is 0.333. The Morgan fingerprint density at radius 2 is 1.70 bits per heavy atom. The first-order valence-corrected chi connectivity index (χ1v) is 11.0. The summed E-state index contributed by atoms with van der Waals surface area (Å²) in [6, 6.07) is 13.8. The third kappa shape index (κ3) is 4.59. The summed E-state index contributed by atoms with van der Waals surface area (Å²) in [6.45, 7) is 5.15. The number of unbranched alkanes of at least 4 members (excludes halogenated alkanes) is 1. The molecule has 1 heterocycles. The van der Waals surface area contributed by atoms with Gasteiger partial charge in [-0.05, 0) is 42.7 Å². The third-order valence-electron chi connectivity index (χ3n) is 5.08. The number of amides is 1. The van der Waals surface area contributed by atoms with Gasteiger partial charge < -0.3 is 14.7 Å². The van der Waals surface area contributed by atoms with Crippen molar-refractivity contribution < 1.29 is 19.4 Å². The average molecular weight is 472 g/mol. The van der Waals surface area contributed by atoms with Crippen LogP contribution in [0, 0.1) is 0 Å². The molecule has 1 saturated heterocycles. The molecule has 1 atom stereocenters. The van der Waals surface area contributed by atoms with Crippen LogP contribution < -0.4 is 4.74 Å². The van der Waals surface area contributed by atoms with E-state index in [2.05, 4.69) is 15.9 Å². The molecule has 2 aromatic rings. The van der Waals surface area contributed by atoms with Gasteiger partial charge in [-0.25, -0.2) is 0 Å². The highest BCUT2D eigenvalue weighted by Gasteiger charge is 2.45. The number of aliphatic hydroxyl groups excluding tert-OH is 1. The van der Waals surface area contributed by atoms with E-state index in [9.17, 15) is 14.7 Å². The Bertz CT molecular complexity index is 935. The van der Waals surface area contributed by atoms with Gasteiger partial charge in [-0.15, -0.1) is 0 Å². The number of benzene rings is 2. The van der Waals surface area contributed by atoms with Crippen molar-refractivity contribution in [3.63, 3.8) is 0 Å². The molecular weight excluding hydrogens is 446 g/mol. The van der Waals surface area contributed by atoms with Gasteiger partial charge in [0, 0.05) is 16.6 Å². The molecular formula is C24H26BrNO4. The van der Waals surface area contributed by atoms with Crippen molar-refractivity contribution in [3.05, 3.63) is 69.7 Å². The zero-order chi connectivity index (χ0) is 21.7. The second-order valence-electron chi connectivity index (χ2n) is 7.27. The Kier molecular flexibility index (Phi) is 7.32. The van der Waals surface area contributed by atoms with Crippen molar-refractivity contribution in [2.75, 3.05) is 13.2 Å². The number of halogens is 1. The number of nitrogens with zero attached hydrogens (tertiary/aromatic N) is 1. The minimum atomic E-state index is -0.650. The summed E-state index contributed by atoms with van der Waals surface area (Å²) in [5.41, 5.74) is 1.40. The second kappa shape index (κ2) is 9.94. The molecule has 1 aliphatic rings. The molecule has 1 unspecified atom stereocenters. The van der Waals surface area contributed by atoms with E-state index in [1.807, 2.05) is 38.1 Å². The fourth-order valence-electron chi connectivity index (χ4n) is 3.52. The van der Waals surface area contributed by atoms with Crippen LogP contribution in [0.15, 0.2) is 58.6 Å². The van der Waals surface area contributed by atoms with Crippen LogP contribution in [0.3, 0.4) is 0 Å². The van der Waals surface area contributed by atoms with Gasteiger partial charge in [0.1, 0.15) is 11.5 Å². The maximum Gasteiger partial charge on any atom is 0.295 e. The first kappa shape index (κ1) is 22.1. The van der Waals surface area contributed by atoms with Crippen LogP contribution in [0.1, 0.15) is 50.3 Å². The Morgan fingerprint density at radius 1 is 1.03 bits per heavy atom. The first-order valence-electron chi connectivity index (χ1n) is 10.2. The molecule has 0 bridgehead atoms. The SMILES string of the molecule is CCCCN1C(=O)C(=O)/C(=C(\O)c2ccc(Br)cc2)C1c1ccc(OCCC)cc1. The summed E-state index contributed by atoms with van der Waals surface area (Å²) in [5.74, 6) is -0.642. The highest BCUT2D eigenvalue weighted by atomic mass is 79.9. The van der Waals surface area contributed by atoms with E-state index in [1.54, 1.807) is 29.2 Å². The zero-order valence-electron chi connectivity index (χ0n) is 17.2. The number of hydrogen-bond donors (Lipinski definition) is 1. The summed E-state index contributed by atoms with van der Waals surface area (Å²) < 4.78 is 6.51. The molecule has 6 heteroatoms. The summed E-state index contributed by atoms with van der Waals surface area (Å²) in [6.07, 6.45) is 2.58. The number of ether oxygens (including phenoxy) is 1. The molecule has 1 N–H and O–H groups in total. The molecule has 3 rings (SSSR count). The lowest BCUT2D eigenvalue weighted by Crippen LogP contribution is -2.30. The van der Waals surface area contributed by atoms with Gasteiger partial charge in [-0.2, -0.15) is 0 Å². The van der Waals surface area contributed by atoms with E-state index >= 15 is 0 Å². The third-order valence-corrected chi connectivity index (χ3v) is 5.61. The van der Waals surface area contributed by atoms with E-state index in [4.69, 9.17) is 4.74 Å². The maximum atomic E-state index is 12.9. The average Bonchev–Trinajstić information content (AvgIpc) is 3.01. The molecule has 1 amide bonds. The predicted molar refractivity (Wildman–Crippen MR) is 120 cm³/mol. The van der Waals surface area contributed by atoms with Crippen LogP contribution in [0.25, 0.3) is 5.76 Å². The Balaban J connectivity index is 2.06. The van der Waals surface area contributed by atoms with Gasteiger partial charge in [-0.1, -0.05) is 60.5 Å². The van der Waals surface area contributed by atoms with Crippen molar-refractivity contribution in [2.24, 2.45) is 0 Å². The smallest absolute Gasteiger partial charge is 0.295 e. The van der Waals surface area contributed by atoms with Crippen LogP contribution in [-0.4, -0.2) is 34.8 Å². The van der Waals surface area contributed by atoms with Crippen LogP contribution in [-0.2, 0) is 9.59 Å². The number of likely N-dealkylation sites (tertiary alicyclic amines) is 1. The quantitative estimate of drug-likeness (QED) is 0.315. The summed E-state index contributed by atoms with van der Waals surface area (Å²) in [7, 11) is 0. The van der Waals surface area contributed by atoms with Crippen molar-refractivity contribution in [3.8, 4) is 5.75 Å². The largest absolute Gasteiger partial charge is 0.507 e. The van der Waals surface area contributed by atoms with Gasteiger partial charge in [-0.3, -0.25) is 9.59 Å². The monoisotopic (exact) mass is 471 g/mol. The lowest BCUT2D eigenvalue weighted by Gasteiger charge is -2.25. The second-order valence-corrected chi connectivity index (χ2v) is 8.19. The standard InChI is InChI=1S/C24H26BrNO4/c1-3-5-14-26-21(16-8-12-19(13-9-16)30-15-4-2)20(23(28)24(26)29)22(27)17-6-10-18(25)11-7-17/h6-13,21,27H,3-5,14-15H2,1-2H3/b22-20-. The zero-order valence-corrected chi connectivity index (χ0v) is 18.8. The molecule has 0 aromatic heterocycles. The van der Waals surface area contributed by atoms with Crippen LogP contribution in [0.4, 0.5) is 0 Å². The van der Waals surface area contributed by atoms with E-state index < -0.39 is 17.7 Å². The minimum Gasteiger partial charge on any atom is -0.507 e. The molecule has 1 fully saturated rings. The number of aliphatic hydroxyl groups is 1. The van der Waals surface area contributed by atoms with E-state index in [1.165, 1.54) is 0 Å². The van der Waals surface area contributed by atoms with Crippen molar-refractivity contribution in [1.29, 1.82) is 0 Å². The minimum absolute atomic E-state index is 0.126. The molecule has 2 aromatic carbocycles. The predicted octanol–water partition coefficient (Wildman–Crippen LogP) is 5.46. The lowest BCUT2D eigenvalue weighted by molar-refractivity contribution is -0.139. The number of carbonyl (C=O) groups excluding carboxylic acids is 2. The Labute approximate surface area is 185 Å². The normalized spacial score (nSPS) is 18.1. The number of rotatable bonds is 8. The topological polar surface area (TPSA) is 66.8 Å². The molecule has 158 valence electrons. The number of Topliss-reactive ketones (excluding diaryl/α,β-unsaturated/α-hetero) is 1. The van der Waals surface area contributed by atoms with Crippen LogP contribution in [0.2, 0.25) is 0 Å². The van der Waals surface area contributed by atoms with E-state index in [0.29, 0.717) is 18.7 Å². The van der Waals surface area contributed by atoms with Crippen LogP contribution in [0.5, 0.6) is 5.75 Å². The molecule has 0 spiro atoms. The summed E-state index contributed by atoms with van der Waals surface area (Å²) >= 11 is 3.37. The number of carbonyl (C=O) groups is 2. The van der Waals surface area contributed by atoms with E-state index in [0.717, 1.165) is 35.0 Å². The maximum absolute atomic E-state index is 12.9. The van der Waals surface area contributed by atoms with Gasteiger partial charge in [0.15, 0.2) is 0 Å². The first-order chi connectivity index (χ1) is 14.5. The van der Waals surface area contributed by atoms with E-state index in [-0.39, 0.29) is 11.3 Å². The fourth-order valence-corrected chi connectivity index (χ4v) is 3.78. The van der Waals surface area contributed by atoms with Gasteiger partial charge in [0.05, 0.1) is 18.2 Å².